The SMILES string of the molecule is O=[N+]([O-])CCC1CC2CCC1C2. The highest BCUT2D eigenvalue weighted by Gasteiger charge is 2.39. The Kier molecular flexibility index (Phi) is 2.03. The van der Waals surface area contributed by atoms with Gasteiger partial charge in [-0.1, -0.05) is 6.42 Å². The quantitative estimate of drug-likeness (QED) is 0.479. The van der Waals surface area contributed by atoms with Gasteiger partial charge in [0.1, 0.15) is 0 Å². The van der Waals surface area contributed by atoms with Crippen molar-refractivity contribution in [3.05, 3.63) is 10.1 Å². The number of rotatable bonds is 3. The van der Waals surface area contributed by atoms with E-state index in [9.17, 15) is 10.1 Å². The van der Waals surface area contributed by atoms with Crippen LogP contribution in [0, 0.1) is 27.9 Å². The topological polar surface area (TPSA) is 43.1 Å². The van der Waals surface area contributed by atoms with E-state index in [-0.39, 0.29) is 11.5 Å². The molecule has 2 aliphatic carbocycles. The summed E-state index contributed by atoms with van der Waals surface area (Å²) >= 11 is 0. The summed E-state index contributed by atoms with van der Waals surface area (Å²) in [6.45, 7) is 0.188. The van der Waals surface area contributed by atoms with Crippen molar-refractivity contribution in [2.24, 2.45) is 17.8 Å². The molecule has 0 aromatic rings. The summed E-state index contributed by atoms with van der Waals surface area (Å²) in [5.74, 6) is 2.45. The average Bonchev–Trinajstić information content (AvgIpc) is 2.60. The van der Waals surface area contributed by atoms with E-state index in [0.29, 0.717) is 5.92 Å². The first-order chi connectivity index (χ1) is 5.75. The van der Waals surface area contributed by atoms with E-state index in [2.05, 4.69) is 0 Å². The van der Waals surface area contributed by atoms with Crippen LogP contribution in [-0.4, -0.2) is 11.5 Å². The van der Waals surface area contributed by atoms with Crippen LogP contribution in [0.5, 0.6) is 0 Å². The smallest absolute Gasteiger partial charge is 0.204 e. The molecule has 2 bridgehead atoms. The lowest BCUT2D eigenvalue weighted by Crippen LogP contribution is -2.14. The molecular formula is C9H15NO2. The average molecular weight is 169 g/mol. The van der Waals surface area contributed by atoms with Crippen LogP contribution >= 0.6 is 0 Å². The molecule has 0 aromatic heterocycles. The molecule has 3 nitrogen and oxygen atoms in total. The van der Waals surface area contributed by atoms with E-state index >= 15 is 0 Å². The predicted molar refractivity (Wildman–Crippen MR) is 45.4 cm³/mol. The van der Waals surface area contributed by atoms with Crippen molar-refractivity contribution >= 4 is 0 Å². The fraction of sp³-hybridized carbons (Fsp3) is 1.00. The van der Waals surface area contributed by atoms with Gasteiger partial charge in [0, 0.05) is 11.3 Å². The highest BCUT2D eigenvalue weighted by molar-refractivity contribution is 4.89. The minimum absolute atomic E-state index is 0.175. The zero-order valence-electron chi connectivity index (χ0n) is 7.24. The summed E-state index contributed by atoms with van der Waals surface area (Å²) in [6, 6.07) is 0. The number of fused-ring (bicyclic) bond motifs is 2. The molecule has 0 spiro atoms. The van der Waals surface area contributed by atoms with Gasteiger partial charge in [-0.05, 0) is 37.0 Å². The Morgan fingerprint density at radius 1 is 1.33 bits per heavy atom. The fourth-order valence-corrected chi connectivity index (χ4v) is 3.00. The van der Waals surface area contributed by atoms with Crippen LogP contribution < -0.4 is 0 Å². The molecule has 0 aliphatic heterocycles. The molecule has 2 fully saturated rings. The summed E-state index contributed by atoms with van der Waals surface area (Å²) in [5.41, 5.74) is 0. The number of hydrogen-bond donors (Lipinski definition) is 0. The minimum atomic E-state index is -0.175. The third kappa shape index (κ3) is 1.45. The summed E-state index contributed by atoms with van der Waals surface area (Å²) in [5, 5.41) is 10.2. The molecule has 0 saturated heterocycles. The molecule has 3 heteroatoms. The summed E-state index contributed by atoms with van der Waals surface area (Å²) in [4.78, 5) is 9.99. The molecule has 0 amide bonds. The lowest BCUT2D eigenvalue weighted by Gasteiger charge is -2.19. The second-order valence-corrected chi connectivity index (χ2v) is 4.28. The Labute approximate surface area is 72.3 Å². The molecule has 68 valence electrons. The monoisotopic (exact) mass is 169 g/mol. The Hall–Kier alpha value is -0.600. The van der Waals surface area contributed by atoms with E-state index < -0.39 is 0 Å². The van der Waals surface area contributed by atoms with Gasteiger partial charge in [0.05, 0.1) is 0 Å². The van der Waals surface area contributed by atoms with Crippen LogP contribution in [-0.2, 0) is 0 Å². The molecular weight excluding hydrogens is 154 g/mol. The molecule has 2 saturated carbocycles. The summed E-state index contributed by atoms with van der Waals surface area (Å²) in [7, 11) is 0. The summed E-state index contributed by atoms with van der Waals surface area (Å²) in [6.07, 6.45) is 6.20. The first-order valence-electron chi connectivity index (χ1n) is 4.87. The molecule has 0 radical (unpaired) electrons. The van der Waals surface area contributed by atoms with Crippen LogP contribution in [0.3, 0.4) is 0 Å². The van der Waals surface area contributed by atoms with Gasteiger partial charge in [-0.15, -0.1) is 0 Å². The fourth-order valence-electron chi connectivity index (χ4n) is 3.00. The third-order valence-electron chi connectivity index (χ3n) is 3.57. The van der Waals surface area contributed by atoms with Gasteiger partial charge >= 0.3 is 0 Å². The normalized spacial score (nSPS) is 38.8. The molecule has 0 aromatic carbocycles. The highest BCUT2D eigenvalue weighted by Crippen LogP contribution is 2.49. The summed E-state index contributed by atoms with van der Waals surface area (Å²) < 4.78 is 0. The van der Waals surface area contributed by atoms with E-state index in [4.69, 9.17) is 0 Å². The maximum Gasteiger partial charge on any atom is 0.204 e. The molecule has 3 unspecified atom stereocenters. The van der Waals surface area contributed by atoms with Gasteiger partial charge < -0.3 is 0 Å². The minimum Gasteiger partial charge on any atom is -0.265 e. The van der Waals surface area contributed by atoms with Crippen molar-refractivity contribution in [3.63, 3.8) is 0 Å². The third-order valence-corrected chi connectivity index (χ3v) is 3.57. The lowest BCUT2D eigenvalue weighted by atomic mass is 9.86. The van der Waals surface area contributed by atoms with Crippen molar-refractivity contribution < 1.29 is 4.92 Å². The van der Waals surface area contributed by atoms with Gasteiger partial charge in [-0.2, -0.15) is 0 Å². The van der Waals surface area contributed by atoms with Gasteiger partial charge in [0.25, 0.3) is 0 Å². The van der Waals surface area contributed by atoms with E-state index in [1.165, 1.54) is 25.7 Å². The van der Waals surface area contributed by atoms with Gasteiger partial charge in [0.15, 0.2) is 0 Å². The van der Waals surface area contributed by atoms with Crippen molar-refractivity contribution in [2.75, 3.05) is 6.54 Å². The van der Waals surface area contributed by atoms with Crippen LogP contribution in [0.2, 0.25) is 0 Å². The van der Waals surface area contributed by atoms with Crippen LogP contribution in [0.4, 0.5) is 0 Å². The Bertz CT molecular complexity index is 193. The Morgan fingerprint density at radius 3 is 2.67 bits per heavy atom. The first kappa shape index (κ1) is 8.02. The lowest BCUT2D eigenvalue weighted by molar-refractivity contribution is -0.481. The van der Waals surface area contributed by atoms with E-state index in [0.717, 1.165) is 18.3 Å². The standard InChI is InChI=1S/C9H15NO2/c11-10(12)4-3-9-6-7-1-2-8(9)5-7/h7-9H,1-6H2. The highest BCUT2D eigenvalue weighted by atomic mass is 16.6. The molecule has 0 heterocycles. The van der Waals surface area contributed by atoms with Gasteiger partial charge in [-0.25, -0.2) is 0 Å². The number of hydrogen-bond acceptors (Lipinski definition) is 2. The predicted octanol–water partition coefficient (Wildman–Crippen LogP) is 2.09. The maximum atomic E-state index is 10.2. The van der Waals surface area contributed by atoms with E-state index in [1.807, 2.05) is 0 Å². The maximum absolute atomic E-state index is 10.2. The van der Waals surface area contributed by atoms with Crippen LogP contribution in [0.1, 0.15) is 32.1 Å². The second kappa shape index (κ2) is 3.04. The second-order valence-electron chi connectivity index (χ2n) is 4.28. The molecule has 12 heavy (non-hydrogen) atoms. The van der Waals surface area contributed by atoms with Crippen LogP contribution in [0.15, 0.2) is 0 Å². The largest absolute Gasteiger partial charge is 0.265 e. The molecule has 2 rings (SSSR count). The van der Waals surface area contributed by atoms with Crippen molar-refractivity contribution in [2.45, 2.75) is 32.1 Å². The van der Waals surface area contributed by atoms with Crippen molar-refractivity contribution in [1.29, 1.82) is 0 Å². The zero-order chi connectivity index (χ0) is 8.55. The van der Waals surface area contributed by atoms with Crippen LogP contribution in [0.25, 0.3) is 0 Å². The first-order valence-corrected chi connectivity index (χ1v) is 4.87. The molecule has 0 N–H and O–H groups in total. The van der Waals surface area contributed by atoms with Crippen molar-refractivity contribution in [1.82, 2.24) is 0 Å². The molecule has 3 atom stereocenters. The Balaban J connectivity index is 1.79. The van der Waals surface area contributed by atoms with Gasteiger partial charge in [-0.3, -0.25) is 10.1 Å². The van der Waals surface area contributed by atoms with Crippen molar-refractivity contribution in [3.8, 4) is 0 Å². The molecule has 2 aliphatic rings. The number of nitrogens with zero attached hydrogens (tertiary/aromatic N) is 1. The van der Waals surface area contributed by atoms with Gasteiger partial charge in [0.2, 0.25) is 6.54 Å². The number of nitro groups is 1. The zero-order valence-corrected chi connectivity index (χ0v) is 7.24. The van der Waals surface area contributed by atoms with E-state index in [1.54, 1.807) is 0 Å². The Morgan fingerprint density at radius 2 is 2.17 bits per heavy atom.